The fourth-order valence-corrected chi connectivity index (χ4v) is 4.88. The fourth-order valence-electron chi connectivity index (χ4n) is 4.48. The van der Waals surface area contributed by atoms with Gasteiger partial charge >= 0.3 is 0 Å². The predicted octanol–water partition coefficient (Wildman–Crippen LogP) is 4.81. The molecule has 0 bridgehead atoms. The van der Waals surface area contributed by atoms with E-state index in [-0.39, 0.29) is 5.91 Å². The molecule has 2 aliphatic rings. The van der Waals surface area contributed by atoms with Crippen molar-refractivity contribution in [3.8, 4) is 0 Å². The average Bonchev–Trinajstić information content (AvgIpc) is 3.26. The Morgan fingerprint density at radius 1 is 1.03 bits per heavy atom. The smallest absolute Gasteiger partial charge is 0.255 e. The zero-order chi connectivity index (χ0) is 20.4. The summed E-state index contributed by atoms with van der Waals surface area (Å²) < 4.78 is 0. The Morgan fingerprint density at radius 2 is 1.76 bits per heavy atom. The molecular formula is C23H27Cl2N3O. The maximum atomic E-state index is 12.8. The van der Waals surface area contributed by atoms with Gasteiger partial charge in [-0.2, -0.15) is 0 Å². The Hall–Kier alpha value is -1.75. The highest BCUT2D eigenvalue weighted by Crippen LogP contribution is 2.32. The number of fused-ring (bicyclic) bond motifs is 1. The van der Waals surface area contributed by atoms with Crippen LogP contribution >= 0.6 is 23.2 Å². The zero-order valence-electron chi connectivity index (χ0n) is 16.7. The first-order chi connectivity index (χ1) is 14.0. The van der Waals surface area contributed by atoms with Gasteiger partial charge in [0.2, 0.25) is 0 Å². The Labute approximate surface area is 182 Å². The summed E-state index contributed by atoms with van der Waals surface area (Å²) in [7, 11) is 0. The van der Waals surface area contributed by atoms with Crippen molar-refractivity contribution >= 4 is 34.8 Å². The van der Waals surface area contributed by atoms with Crippen LogP contribution in [0.3, 0.4) is 0 Å². The molecule has 4 rings (SSSR count). The van der Waals surface area contributed by atoms with Crippen molar-refractivity contribution in [3.63, 3.8) is 0 Å². The molecule has 29 heavy (non-hydrogen) atoms. The molecule has 2 unspecified atom stereocenters. The maximum absolute atomic E-state index is 12.8. The number of rotatable bonds is 6. The number of hydrogen-bond donors (Lipinski definition) is 1. The van der Waals surface area contributed by atoms with E-state index >= 15 is 0 Å². The standard InChI is InChI=1S/C23H27Cl2N3O/c1-16-7-8-19(11-22(16)25)26-9-4-10-27-12-17-14-28(15-18(17)13-27)23(29)20-5-2-3-6-21(20)24/h2-3,5-8,11,17-18,26H,4,9-10,12-15H2,1H3. The Morgan fingerprint density at radius 3 is 2.45 bits per heavy atom. The van der Waals surface area contributed by atoms with Gasteiger partial charge in [0.05, 0.1) is 10.6 Å². The number of carbonyl (C=O) groups excluding carboxylic acids is 1. The fraction of sp³-hybridized carbons (Fsp3) is 0.435. The number of benzene rings is 2. The Bertz CT molecular complexity index is 874. The molecule has 0 saturated carbocycles. The largest absolute Gasteiger partial charge is 0.385 e. The van der Waals surface area contributed by atoms with Crippen LogP contribution in [0.2, 0.25) is 10.0 Å². The van der Waals surface area contributed by atoms with Gasteiger partial charge in [-0.15, -0.1) is 0 Å². The molecule has 2 aromatic carbocycles. The van der Waals surface area contributed by atoms with Gasteiger partial charge in [-0.25, -0.2) is 0 Å². The number of carbonyl (C=O) groups is 1. The third-order valence-electron chi connectivity index (χ3n) is 6.11. The van der Waals surface area contributed by atoms with Crippen LogP contribution in [0.1, 0.15) is 22.3 Å². The second-order valence-electron chi connectivity index (χ2n) is 8.21. The van der Waals surface area contributed by atoms with E-state index in [9.17, 15) is 4.79 Å². The van der Waals surface area contributed by atoms with Gasteiger partial charge < -0.3 is 15.1 Å². The summed E-state index contributed by atoms with van der Waals surface area (Å²) in [5.41, 5.74) is 2.80. The molecule has 0 spiro atoms. The van der Waals surface area contributed by atoms with Crippen LogP contribution in [0.15, 0.2) is 42.5 Å². The molecule has 2 fully saturated rings. The maximum Gasteiger partial charge on any atom is 0.255 e. The lowest BCUT2D eigenvalue weighted by atomic mass is 10.0. The molecule has 0 radical (unpaired) electrons. The van der Waals surface area contributed by atoms with Gasteiger partial charge in [0.25, 0.3) is 5.91 Å². The summed E-state index contributed by atoms with van der Waals surface area (Å²) in [6.07, 6.45) is 1.09. The number of anilines is 1. The van der Waals surface area contributed by atoms with Crippen molar-refractivity contribution in [2.45, 2.75) is 13.3 Å². The molecule has 0 aliphatic carbocycles. The normalized spacial score (nSPS) is 21.4. The lowest BCUT2D eigenvalue weighted by Crippen LogP contribution is -2.34. The van der Waals surface area contributed by atoms with Crippen LogP contribution in [-0.4, -0.2) is 55.0 Å². The highest BCUT2D eigenvalue weighted by molar-refractivity contribution is 6.33. The van der Waals surface area contributed by atoms with Gasteiger partial charge in [-0.05, 0) is 61.6 Å². The molecule has 6 heteroatoms. The van der Waals surface area contributed by atoms with E-state index in [1.54, 1.807) is 6.07 Å². The number of halogens is 2. The second kappa shape index (κ2) is 8.95. The van der Waals surface area contributed by atoms with Crippen LogP contribution in [0.25, 0.3) is 0 Å². The van der Waals surface area contributed by atoms with Crippen molar-refractivity contribution in [2.24, 2.45) is 11.8 Å². The SMILES string of the molecule is Cc1ccc(NCCCN2CC3CN(C(=O)c4ccccc4Cl)CC3C2)cc1Cl. The summed E-state index contributed by atoms with van der Waals surface area (Å²) in [4.78, 5) is 17.3. The number of nitrogens with zero attached hydrogens (tertiary/aromatic N) is 2. The summed E-state index contributed by atoms with van der Waals surface area (Å²) in [5, 5.41) is 4.80. The Kier molecular flexibility index (Phi) is 6.33. The first kappa shape index (κ1) is 20.5. The number of amides is 1. The lowest BCUT2D eigenvalue weighted by molar-refractivity contribution is 0.0774. The average molecular weight is 432 g/mol. The summed E-state index contributed by atoms with van der Waals surface area (Å²) in [5.74, 6) is 1.22. The first-order valence-electron chi connectivity index (χ1n) is 10.3. The number of likely N-dealkylation sites (tertiary alicyclic amines) is 2. The topological polar surface area (TPSA) is 35.6 Å². The second-order valence-corrected chi connectivity index (χ2v) is 9.03. The molecule has 2 aliphatic heterocycles. The summed E-state index contributed by atoms with van der Waals surface area (Å²) in [6, 6.07) is 13.4. The van der Waals surface area contributed by atoms with E-state index in [1.807, 2.05) is 42.2 Å². The van der Waals surface area contributed by atoms with Crippen molar-refractivity contribution in [3.05, 3.63) is 63.6 Å². The third-order valence-corrected chi connectivity index (χ3v) is 6.84. The highest BCUT2D eigenvalue weighted by atomic mass is 35.5. The molecule has 2 atom stereocenters. The molecule has 154 valence electrons. The minimum atomic E-state index is 0.0671. The van der Waals surface area contributed by atoms with Crippen molar-refractivity contribution < 1.29 is 4.79 Å². The number of aryl methyl sites for hydroxylation is 1. The summed E-state index contributed by atoms with van der Waals surface area (Å²) in [6.45, 7) is 7.86. The minimum Gasteiger partial charge on any atom is -0.385 e. The van der Waals surface area contributed by atoms with Crippen LogP contribution in [0, 0.1) is 18.8 Å². The van der Waals surface area contributed by atoms with E-state index in [1.165, 1.54) is 0 Å². The van der Waals surface area contributed by atoms with Crippen molar-refractivity contribution in [2.75, 3.05) is 44.6 Å². The quantitative estimate of drug-likeness (QED) is 0.666. The highest BCUT2D eigenvalue weighted by Gasteiger charge is 2.41. The first-order valence-corrected chi connectivity index (χ1v) is 11.0. The van der Waals surface area contributed by atoms with E-state index < -0.39 is 0 Å². The predicted molar refractivity (Wildman–Crippen MR) is 120 cm³/mol. The molecule has 1 amide bonds. The Balaban J connectivity index is 1.21. The molecular weight excluding hydrogens is 405 g/mol. The number of nitrogens with one attached hydrogen (secondary N) is 1. The van der Waals surface area contributed by atoms with Crippen LogP contribution in [0.5, 0.6) is 0 Å². The minimum absolute atomic E-state index is 0.0671. The van der Waals surface area contributed by atoms with Gasteiger partial charge in [0, 0.05) is 43.4 Å². The van der Waals surface area contributed by atoms with Crippen molar-refractivity contribution in [1.29, 1.82) is 0 Å². The molecule has 0 aromatic heterocycles. The van der Waals surface area contributed by atoms with E-state index in [0.29, 0.717) is 22.4 Å². The molecule has 4 nitrogen and oxygen atoms in total. The monoisotopic (exact) mass is 431 g/mol. The third kappa shape index (κ3) is 4.71. The van der Waals surface area contributed by atoms with Crippen LogP contribution < -0.4 is 5.32 Å². The summed E-state index contributed by atoms with van der Waals surface area (Å²) >= 11 is 12.4. The lowest BCUT2D eigenvalue weighted by Gasteiger charge is -2.22. The molecule has 1 N–H and O–H groups in total. The van der Waals surface area contributed by atoms with Crippen LogP contribution in [-0.2, 0) is 0 Å². The van der Waals surface area contributed by atoms with Crippen molar-refractivity contribution in [1.82, 2.24) is 9.80 Å². The molecule has 2 saturated heterocycles. The van der Waals surface area contributed by atoms with Crippen LogP contribution in [0.4, 0.5) is 5.69 Å². The van der Waals surface area contributed by atoms with E-state index in [0.717, 1.165) is 62.0 Å². The van der Waals surface area contributed by atoms with Gasteiger partial charge in [-0.1, -0.05) is 41.4 Å². The van der Waals surface area contributed by atoms with Gasteiger partial charge in [0.15, 0.2) is 0 Å². The van der Waals surface area contributed by atoms with E-state index in [2.05, 4.69) is 16.3 Å². The van der Waals surface area contributed by atoms with Gasteiger partial charge in [-0.3, -0.25) is 4.79 Å². The molecule has 2 heterocycles. The number of hydrogen-bond acceptors (Lipinski definition) is 3. The van der Waals surface area contributed by atoms with Gasteiger partial charge in [0.1, 0.15) is 0 Å². The zero-order valence-corrected chi connectivity index (χ0v) is 18.2. The van der Waals surface area contributed by atoms with E-state index in [4.69, 9.17) is 23.2 Å². The molecule has 2 aromatic rings.